The highest BCUT2D eigenvalue weighted by Crippen LogP contribution is 2.41. The number of fused-ring (bicyclic) bond motifs is 1. The van der Waals surface area contributed by atoms with E-state index >= 15 is 0 Å². The summed E-state index contributed by atoms with van der Waals surface area (Å²) in [5.74, 6) is 0.704. The second-order valence-electron chi connectivity index (χ2n) is 3.76. The maximum atomic E-state index is 3.88. The van der Waals surface area contributed by atoms with Crippen molar-refractivity contribution in [2.24, 2.45) is 5.92 Å². The van der Waals surface area contributed by atoms with Crippen LogP contribution in [0.3, 0.4) is 0 Å². The third kappa shape index (κ3) is 0.951. The zero-order valence-electron chi connectivity index (χ0n) is 7.25. The Bertz CT molecular complexity index is 217. The van der Waals surface area contributed by atoms with Crippen molar-refractivity contribution in [3.63, 3.8) is 0 Å². The van der Waals surface area contributed by atoms with E-state index in [0.717, 1.165) is 12.1 Å². The van der Waals surface area contributed by atoms with Gasteiger partial charge in [0.15, 0.2) is 0 Å². The van der Waals surface area contributed by atoms with E-state index in [1.165, 1.54) is 12.0 Å². The highest BCUT2D eigenvalue weighted by atomic mass is 15.3. The van der Waals surface area contributed by atoms with E-state index in [1.54, 1.807) is 0 Å². The van der Waals surface area contributed by atoms with Crippen LogP contribution in [0.15, 0.2) is 24.3 Å². The quantitative estimate of drug-likeness (QED) is 0.406. The largest absolute Gasteiger partial charge is 0.293 e. The number of rotatable bonds is 1. The van der Waals surface area contributed by atoms with Crippen molar-refractivity contribution in [3.8, 4) is 0 Å². The molecular formula is C10H15N. The highest BCUT2D eigenvalue weighted by molar-refractivity contribution is 5.26. The van der Waals surface area contributed by atoms with Crippen molar-refractivity contribution in [1.29, 1.82) is 0 Å². The van der Waals surface area contributed by atoms with E-state index in [0.29, 0.717) is 5.92 Å². The van der Waals surface area contributed by atoms with Gasteiger partial charge in [-0.25, -0.2) is 0 Å². The third-order valence-corrected chi connectivity index (χ3v) is 2.96. The van der Waals surface area contributed by atoms with Gasteiger partial charge >= 0.3 is 0 Å². The van der Waals surface area contributed by atoms with Crippen molar-refractivity contribution in [2.45, 2.75) is 25.4 Å². The zero-order chi connectivity index (χ0) is 8.01. The van der Waals surface area contributed by atoms with Crippen LogP contribution in [-0.4, -0.2) is 24.0 Å². The second-order valence-corrected chi connectivity index (χ2v) is 3.76. The SMILES string of the molecule is C=C[C@@H]1CC(C)=C[C@H]2[C@@H]1N2C. The van der Waals surface area contributed by atoms with Crippen LogP contribution in [0, 0.1) is 5.92 Å². The first kappa shape index (κ1) is 7.11. The van der Waals surface area contributed by atoms with Gasteiger partial charge in [0, 0.05) is 12.1 Å². The van der Waals surface area contributed by atoms with Gasteiger partial charge in [0.05, 0.1) is 0 Å². The van der Waals surface area contributed by atoms with Gasteiger partial charge in [0.25, 0.3) is 0 Å². The summed E-state index contributed by atoms with van der Waals surface area (Å²) in [4.78, 5) is 2.42. The fourth-order valence-corrected chi connectivity index (χ4v) is 2.23. The molecule has 1 saturated heterocycles. The Kier molecular flexibility index (Phi) is 1.43. The van der Waals surface area contributed by atoms with Crippen molar-refractivity contribution >= 4 is 0 Å². The fourth-order valence-electron chi connectivity index (χ4n) is 2.23. The van der Waals surface area contributed by atoms with Gasteiger partial charge in [-0.3, -0.25) is 4.90 Å². The van der Waals surface area contributed by atoms with Crippen molar-refractivity contribution in [1.82, 2.24) is 4.90 Å². The summed E-state index contributed by atoms with van der Waals surface area (Å²) >= 11 is 0. The molecule has 0 spiro atoms. The van der Waals surface area contributed by atoms with Crippen LogP contribution in [-0.2, 0) is 0 Å². The van der Waals surface area contributed by atoms with Crippen LogP contribution in [0.5, 0.6) is 0 Å². The van der Waals surface area contributed by atoms with Crippen LogP contribution in [0.2, 0.25) is 0 Å². The van der Waals surface area contributed by atoms with E-state index in [-0.39, 0.29) is 0 Å². The minimum absolute atomic E-state index is 0.704. The molecule has 1 aliphatic heterocycles. The molecule has 11 heavy (non-hydrogen) atoms. The average Bonchev–Trinajstić information content (AvgIpc) is 2.61. The van der Waals surface area contributed by atoms with E-state index in [1.807, 2.05) is 0 Å². The number of hydrogen-bond acceptors (Lipinski definition) is 1. The Morgan fingerprint density at radius 3 is 3.09 bits per heavy atom. The molecule has 0 amide bonds. The molecule has 1 aliphatic carbocycles. The van der Waals surface area contributed by atoms with E-state index < -0.39 is 0 Å². The number of nitrogens with zero attached hydrogens (tertiary/aromatic N) is 1. The van der Waals surface area contributed by atoms with E-state index in [4.69, 9.17) is 0 Å². The van der Waals surface area contributed by atoms with Crippen LogP contribution < -0.4 is 0 Å². The van der Waals surface area contributed by atoms with Crippen molar-refractivity contribution in [3.05, 3.63) is 24.3 Å². The molecule has 1 heterocycles. The third-order valence-electron chi connectivity index (χ3n) is 2.96. The molecule has 0 saturated carbocycles. The zero-order valence-corrected chi connectivity index (χ0v) is 7.25. The van der Waals surface area contributed by atoms with Gasteiger partial charge in [-0.2, -0.15) is 0 Å². The first-order valence-electron chi connectivity index (χ1n) is 4.26. The normalized spacial score (nSPS) is 47.6. The van der Waals surface area contributed by atoms with E-state index in [2.05, 4.69) is 37.6 Å². The molecule has 60 valence electrons. The molecule has 2 aliphatic rings. The molecule has 2 rings (SSSR count). The Hall–Kier alpha value is -0.560. The summed E-state index contributed by atoms with van der Waals surface area (Å²) in [7, 11) is 2.20. The molecule has 0 radical (unpaired) electrons. The predicted molar refractivity (Wildman–Crippen MR) is 47.4 cm³/mol. The van der Waals surface area contributed by atoms with Gasteiger partial charge < -0.3 is 0 Å². The summed E-state index contributed by atoms with van der Waals surface area (Å²) < 4.78 is 0. The lowest BCUT2D eigenvalue weighted by Gasteiger charge is -2.14. The summed E-state index contributed by atoms with van der Waals surface area (Å²) in [5, 5.41) is 0. The average molecular weight is 149 g/mol. The number of hydrogen-bond donors (Lipinski definition) is 0. The molecule has 4 atom stereocenters. The smallest absolute Gasteiger partial charge is 0.0443 e. The molecule has 0 aromatic rings. The lowest BCUT2D eigenvalue weighted by Crippen LogP contribution is -2.13. The second kappa shape index (κ2) is 2.21. The van der Waals surface area contributed by atoms with Crippen molar-refractivity contribution in [2.75, 3.05) is 7.05 Å². The lowest BCUT2D eigenvalue weighted by atomic mass is 9.90. The Morgan fingerprint density at radius 1 is 1.73 bits per heavy atom. The summed E-state index contributed by atoms with van der Waals surface area (Å²) in [6.45, 7) is 6.10. The standard InChI is InChI=1S/C10H15N/c1-4-8-5-7(2)6-9-10(8)11(9)3/h4,6,8-10H,1,5H2,2-3H3/t8-,9+,10-,11?/m1/s1. The highest BCUT2D eigenvalue weighted by Gasteiger charge is 2.48. The summed E-state index contributed by atoms with van der Waals surface area (Å²) in [6.07, 6.45) is 5.72. The van der Waals surface area contributed by atoms with Crippen LogP contribution in [0.25, 0.3) is 0 Å². The van der Waals surface area contributed by atoms with Crippen molar-refractivity contribution < 1.29 is 0 Å². The van der Waals surface area contributed by atoms with Gasteiger partial charge in [0.1, 0.15) is 0 Å². The minimum Gasteiger partial charge on any atom is -0.293 e. The Labute approximate surface area is 68.4 Å². The molecule has 0 bridgehead atoms. The topological polar surface area (TPSA) is 3.01 Å². The molecular weight excluding hydrogens is 134 g/mol. The first-order valence-corrected chi connectivity index (χ1v) is 4.26. The van der Waals surface area contributed by atoms with Gasteiger partial charge in [0.2, 0.25) is 0 Å². The fraction of sp³-hybridized carbons (Fsp3) is 0.600. The monoisotopic (exact) mass is 149 g/mol. The van der Waals surface area contributed by atoms with Crippen LogP contribution in [0.4, 0.5) is 0 Å². The number of likely N-dealkylation sites (N-methyl/N-ethyl adjacent to an activating group) is 1. The Morgan fingerprint density at radius 2 is 2.45 bits per heavy atom. The van der Waals surface area contributed by atoms with Gasteiger partial charge in [-0.05, 0) is 26.3 Å². The lowest BCUT2D eigenvalue weighted by molar-refractivity contribution is 0.513. The van der Waals surface area contributed by atoms with Crippen LogP contribution >= 0.6 is 0 Å². The van der Waals surface area contributed by atoms with E-state index in [9.17, 15) is 0 Å². The molecule has 1 unspecified atom stereocenters. The molecule has 0 N–H and O–H groups in total. The number of allylic oxidation sites excluding steroid dienone is 1. The van der Waals surface area contributed by atoms with Crippen LogP contribution in [0.1, 0.15) is 13.3 Å². The predicted octanol–water partition coefficient (Wildman–Crippen LogP) is 1.82. The van der Waals surface area contributed by atoms with Gasteiger partial charge in [-0.1, -0.05) is 17.7 Å². The summed E-state index contributed by atoms with van der Waals surface area (Å²) in [5.41, 5.74) is 1.53. The molecule has 0 aromatic carbocycles. The summed E-state index contributed by atoms with van der Waals surface area (Å²) in [6, 6.07) is 1.50. The maximum Gasteiger partial charge on any atom is 0.0443 e. The Balaban J connectivity index is 2.19. The molecule has 0 aromatic heterocycles. The minimum atomic E-state index is 0.704. The molecule has 1 heteroatoms. The molecule has 1 nitrogen and oxygen atoms in total. The molecule has 1 fully saturated rings. The van der Waals surface area contributed by atoms with Gasteiger partial charge in [-0.15, -0.1) is 6.58 Å². The first-order chi connectivity index (χ1) is 5.24. The maximum absolute atomic E-state index is 3.88.